The number of aliphatic hydroxyl groups is 21. The molecular formula is C42H70O35. The monoisotopic (exact) mass is 1130 g/mol. The Labute approximate surface area is 434 Å². The van der Waals surface area contributed by atoms with E-state index >= 15 is 0 Å². The highest BCUT2D eigenvalue weighted by Crippen LogP contribution is 2.38. The summed E-state index contributed by atoms with van der Waals surface area (Å²) in [6.07, 6.45) is -70.4. The fourth-order valence-corrected chi connectivity index (χ4v) is 10.3. The second-order valence-electron chi connectivity index (χ2n) is 19.7. The van der Waals surface area contributed by atoms with Crippen LogP contribution >= 0.6 is 0 Å². The van der Waals surface area contributed by atoms with E-state index in [0.29, 0.717) is 0 Å². The van der Waals surface area contributed by atoms with Gasteiger partial charge in [0.15, 0.2) is 44.0 Å². The quantitative estimate of drug-likeness (QED) is 0.102. The molecule has 35 nitrogen and oxygen atoms in total. The summed E-state index contributed by atoms with van der Waals surface area (Å²) < 4.78 is 80.0. The summed E-state index contributed by atoms with van der Waals surface area (Å²) in [4.78, 5) is 0. The SMILES string of the molecule is OC[C@@H]1O[C@@H]2O[C@H]3[C@H](O)[C@@H](O)[C@@H](O[C@H]4[C@H](O)[C@@H](O)[C@@H](O[C@H]5[C@H](O)[C@@H](O)[C@@H](O[C@H]6[C@H](O)[C@@H](O)[C@@H](O[C@H]7[C@H](O)[C@@H](O)[C@@H](O[C@H]1[C@H](O)[C@H]2O)O[C@@H]7CO)O[C@@H]6CO[C@H]1O[C@H](CO)[C@@H](O)[C@H](O)[C@H]1O)O[C@@H]5CO)O[C@@H]4CO)O[C@@H]3CO. The van der Waals surface area contributed by atoms with Crippen molar-refractivity contribution in [2.45, 2.75) is 215 Å². The summed E-state index contributed by atoms with van der Waals surface area (Å²) in [5.74, 6) is 0. The van der Waals surface area contributed by atoms with Crippen molar-refractivity contribution in [1.82, 2.24) is 0 Å². The van der Waals surface area contributed by atoms with Crippen molar-refractivity contribution >= 4 is 0 Å². The molecule has 35 atom stereocenters. The maximum Gasteiger partial charge on any atom is 0.187 e. The summed E-state index contributed by atoms with van der Waals surface area (Å²) in [5, 5.41) is 230. The van der Waals surface area contributed by atoms with Crippen molar-refractivity contribution < 1.29 is 174 Å². The number of rotatable bonds is 9. The van der Waals surface area contributed by atoms with Gasteiger partial charge in [0, 0.05) is 0 Å². The Morgan fingerprint density at radius 2 is 0.429 bits per heavy atom. The molecule has 23 heterocycles. The van der Waals surface area contributed by atoms with E-state index < -0.39 is 261 Å². The minimum Gasteiger partial charge on any atom is -0.394 e. The maximum atomic E-state index is 11.7. The first kappa shape index (κ1) is 61.7. The molecule has 0 amide bonds. The van der Waals surface area contributed by atoms with Gasteiger partial charge in [0.1, 0.15) is 171 Å². The molecule has 0 aromatic rings. The first-order valence-corrected chi connectivity index (χ1v) is 24.6. The third-order valence-corrected chi connectivity index (χ3v) is 14.8. The molecule has 23 aliphatic heterocycles. The standard InChI is InChI=1S/C42H70O35/c43-1-8-15(49)16(50)23(57)36(65-8)64-7-14-35-22(56)29(63)42(71-14)76-34-13(6-48)69-40(27(61)20(34)54)74-32-11(4-46)67-38(25(59)18(32)52)72-30-9(2-44)66-37(24(58)17(30)51)73-31-10(3-45)68-39(26(60)19(31)53)75-33-12(5-47)70-41(77-35)28(62)21(33)55/h8-63H,1-7H2/t8-,9-,10-,11+,12-,13-,14-,15-,16+,17-,18-,19-,20-,21-,22-,23-,24-,25-,26-,27-,28-,29-,30-,31-,32-,33-,34-,35-,36+,37-,38-,39-,40-,41-,42-/m1/s1. The normalized spacial score (nSPS) is 55.2. The first-order chi connectivity index (χ1) is 36.6. The lowest BCUT2D eigenvalue weighted by Gasteiger charge is -2.51. The van der Waals surface area contributed by atoms with Gasteiger partial charge in [-0.05, 0) is 0 Å². The Bertz CT molecular complexity index is 1820. The zero-order valence-corrected chi connectivity index (χ0v) is 40.3. The molecule has 35 heteroatoms. The molecule has 23 aliphatic rings. The molecule has 0 spiro atoms. The van der Waals surface area contributed by atoms with E-state index in [-0.39, 0.29) is 0 Å². The van der Waals surface area contributed by atoms with E-state index in [1.165, 1.54) is 0 Å². The van der Waals surface area contributed by atoms with E-state index in [9.17, 15) is 107 Å². The lowest BCUT2D eigenvalue weighted by Crippen LogP contribution is -2.69. The van der Waals surface area contributed by atoms with E-state index in [0.717, 1.165) is 0 Å². The Hall–Kier alpha value is -1.40. The smallest absolute Gasteiger partial charge is 0.187 e. The zero-order valence-electron chi connectivity index (χ0n) is 40.3. The highest BCUT2D eigenvalue weighted by atomic mass is 16.8. The average molecular weight is 1130 g/mol. The van der Waals surface area contributed by atoms with Crippen molar-refractivity contribution in [3.05, 3.63) is 0 Å². The highest BCUT2D eigenvalue weighted by Gasteiger charge is 2.59. The van der Waals surface area contributed by atoms with Gasteiger partial charge in [0.25, 0.3) is 0 Å². The zero-order chi connectivity index (χ0) is 56.1. The fourth-order valence-electron chi connectivity index (χ4n) is 10.3. The van der Waals surface area contributed by atoms with Crippen LogP contribution in [0.3, 0.4) is 0 Å². The molecule has 23 saturated heterocycles. The van der Waals surface area contributed by atoms with Crippen molar-refractivity contribution in [1.29, 1.82) is 0 Å². The van der Waals surface area contributed by atoms with Crippen LogP contribution in [0.4, 0.5) is 0 Å². The molecule has 23 rings (SSSR count). The van der Waals surface area contributed by atoms with Crippen LogP contribution in [0.25, 0.3) is 0 Å². The van der Waals surface area contributed by atoms with Gasteiger partial charge in [0.2, 0.25) is 0 Å². The molecule has 23 fully saturated rings. The van der Waals surface area contributed by atoms with Gasteiger partial charge >= 0.3 is 0 Å². The number of ether oxygens (including phenoxy) is 14. The van der Waals surface area contributed by atoms with E-state index in [1.54, 1.807) is 0 Å². The predicted molar refractivity (Wildman–Crippen MR) is 228 cm³/mol. The van der Waals surface area contributed by atoms with Crippen LogP contribution < -0.4 is 0 Å². The van der Waals surface area contributed by atoms with Crippen molar-refractivity contribution in [3.63, 3.8) is 0 Å². The lowest BCUT2D eigenvalue weighted by atomic mass is 9.94. The Kier molecular flexibility index (Phi) is 20.8. The Balaban J connectivity index is 1.11. The largest absolute Gasteiger partial charge is 0.394 e. The maximum absolute atomic E-state index is 11.7. The van der Waals surface area contributed by atoms with Gasteiger partial charge in [-0.2, -0.15) is 0 Å². The van der Waals surface area contributed by atoms with Crippen LogP contribution in [0.5, 0.6) is 0 Å². The van der Waals surface area contributed by atoms with Gasteiger partial charge in [-0.3, -0.25) is 0 Å². The Morgan fingerprint density at radius 3 is 0.662 bits per heavy atom. The van der Waals surface area contributed by atoms with Crippen LogP contribution in [0.1, 0.15) is 0 Å². The van der Waals surface area contributed by atoms with Gasteiger partial charge in [-0.25, -0.2) is 0 Å². The predicted octanol–water partition coefficient (Wildman–Crippen LogP) is -15.2. The van der Waals surface area contributed by atoms with Crippen molar-refractivity contribution in [2.75, 3.05) is 46.2 Å². The molecule has 77 heavy (non-hydrogen) atoms. The van der Waals surface area contributed by atoms with Crippen LogP contribution in [0.2, 0.25) is 0 Å². The fraction of sp³-hybridized carbons (Fsp3) is 1.00. The molecule has 448 valence electrons. The molecule has 21 N–H and O–H groups in total. The van der Waals surface area contributed by atoms with Crippen molar-refractivity contribution in [3.8, 4) is 0 Å². The first-order valence-electron chi connectivity index (χ1n) is 24.6. The Morgan fingerprint density at radius 1 is 0.208 bits per heavy atom. The minimum atomic E-state index is -2.30. The summed E-state index contributed by atoms with van der Waals surface area (Å²) in [7, 11) is 0. The third-order valence-electron chi connectivity index (χ3n) is 14.8. The average Bonchev–Trinajstić information content (AvgIpc) is 3.47. The molecule has 0 unspecified atom stereocenters. The van der Waals surface area contributed by atoms with E-state index in [1.807, 2.05) is 0 Å². The number of aliphatic hydroxyl groups excluding tert-OH is 21. The van der Waals surface area contributed by atoms with Crippen LogP contribution in [0.15, 0.2) is 0 Å². The third kappa shape index (κ3) is 12.2. The number of hydrogen-bond acceptors (Lipinski definition) is 35. The summed E-state index contributed by atoms with van der Waals surface area (Å²) in [5.41, 5.74) is 0. The van der Waals surface area contributed by atoms with Crippen molar-refractivity contribution in [2.24, 2.45) is 0 Å². The second-order valence-corrected chi connectivity index (χ2v) is 19.7. The van der Waals surface area contributed by atoms with E-state index in [2.05, 4.69) is 0 Å². The molecule has 0 aromatic carbocycles. The number of hydrogen-bond donors (Lipinski definition) is 21. The summed E-state index contributed by atoms with van der Waals surface area (Å²) in [6.45, 7) is -7.11. The molecule has 0 saturated carbocycles. The minimum absolute atomic E-state index is 0.889. The van der Waals surface area contributed by atoms with Crippen LogP contribution in [-0.4, -0.2) is 368 Å². The van der Waals surface area contributed by atoms with Gasteiger partial charge in [-0.1, -0.05) is 0 Å². The molecule has 0 aromatic heterocycles. The summed E-state index contributed by atoms with van der Waals surface area (Å²) in [6, 6.07) is 0. The highest BCUT2D eigenvalue weighted by molar-refractivity contribution is 5.01. The van der Waals surface area contributed by atoms with Gasteiger partial charge in [0.05, 0.1) is 46.2 Å². The molecule has 12 bridgehead atoms. The van der Waals surface area contributed by atoms with Crippen LogP contribution in [0, 0.1) is 0 Å². The second kappa shape index (κ2) is 26.0. The summed E-state index contributed by atoms with van der Waals surface area (Å²) >= 11 is 0. The van der Waals surface area contributed by atoms with E-state index in [4.69, 9.17) is 66.3 Å². The topological polar surface area (TPSA) is 554 Å². The molecule has 0 aliphatic carbocycles. The molecular weight excluding hydrogens is 1060 g/mol. The molecule has 0 radical (unpaired) electrons. The van der Waals surface area contributed by atoms with Gasteiger partial charge in [-0.15, -0.1) is 0 Å². The lowest BCUT2D eigenvalue weighted by molar-refractivity contribution is -0.405. The van der Waals surface area contributed by atoms with Gasteiger partial charge < -0.3 is 174 Å². The van der Waals surface area contributed by atoms with Crippen LogP contribution in [-0.2, 0) is 66.3 Å².